The molecule has 0 aliphatic heterocycles. The Balaban J connectivity index is 2.56. The van der Waals surface area contributed by atoms with Gasteiger partial charge in [0.25, 0.3) is 0 Å². The molecule has 0 atom stereocenters. The second-order valence-electron chi connectivity index (χ2n) is 4.56. The number of aromatic nitrogens is 1. The van der Waals surface area contributed by atoms with Crippen LogP contribution in [0.5, 0.6) is 0 Å². The number of rotatable bonds is 8. The third kappa shape index (κ3) is 5.23. The normalized spacial score (nSPS) is 12.0. The van der Waals surface area contributed by atoms with Crippen LogP contribution in [0.25, 0.3) is 0 Å². The first kappa shape index (κ1) is 16.0. The molecular formula is C12H22N4O2S. The Morgan fingerprint density at radius 2 is 2.11 bits per heavy atom. The molecule has 0 bridgehead atoms. The molecule has 0 radical (unpaired) electrons. The predicted octanol–water partition coefficient (Wildman–Crippen LogP) is 0.160. The molecule has 1 aromatic rings. The van der Waals surface area contributed by atoms with E-state index in [0.717, 1.165) is 19.4 Å². The standard InChI is InChI=1S/C12H22N4O2S/c1-16(2)9-4-3-8-15-19(17,18)12-6-5-7-14-11(12)10-13/h5-7,15H,3-4,8-10,13H2,1-2H3. The van der Waals surface area contributed by atoms with Crippen molar-refractivity contribution < 1.29 is 8.42 Å². The minimum Gasteiger partial charge on any atom is -0.325 e. The highest BCUT2D eigenvalue weighted by Gasteiger charge is 2.17. The lowest BCUT2D eigenvalue weighted by atomic mass is 10.3. The van der Waals surface area contributed by atoms with Crippen LogP contribution in [0.4, 0.5) is 0 Å². The van der Waals surface area contributed by atoms with Crippen molar-refractivity contribution in [2.45, 2.75) is 24.3 Å². The van der Waals surface area contributed by atoms with Crippen LogP contribution in [0, 0.1) is 0 Å². The van der Waals surface area contributed by atoms with Gasteiger partial charge in [0.1, 0.15) is 4.90 Å². The summed E-state index contributed by atoms with van der Waals surface area (Å²) < 4.78 is 26.8. The minimum atomic E-state index is -3.51. The highest BCUT2D eigenvalue weighted by atomic mass is 32.2. The highest BCUT2D eigenvalue weighted by Crippen LogP contribution is 2.12. The van der Waals surface area contributed by atoms with Crippen molar-refractivity contribution in [2.24, 2.45) is 5.73 Å². The van der Waals surface area contributed by atoms with Gasteiger partial charge in [-0.05, 0) is 45.6 Å². The van der Waals surface area contributed by atoms with Gasteiger partial charge in [0, 0.05) is 19.3 Å². The third-order valence-electron chi connectivity index (χ3n) is 2.66. The molecule has 0 saturated heterocycles. The predicted molar refractivity (Wildman–Crippen MR) is 75.1 cm³/mol. The average molecular weight is 286 g/mol. The van der Waals surface area contributed by atoms with Crippen LogP contribution >= 0.6 is 0 Å². The minimum absolute atomic E-state index is 0.109. The molecule has 6 nitrogen and oxygen atoms in total. The molecule has 0 spiro atoms. The maximum atomic E-state index is 12.1. The zero-order valence-corrected chi connectivity index (χ0v) is 12.3. The monoisotopic (exact) mass is 286 g/mol. The fourth-order valence-corrected chi connectivity index (χ4v) is 2.93. The summed E-state index contributed by atoms with van der Waals surface area (Å²) in [5.74, 6) is 0. The Hall–Kier alpha value is -1.02. The topological polar surface area (TPSA) is 88.3 Å². The number of nitrogens with two attached hydrogens (primary N) is 1. The second kappa shape index (κ2) is 7.54. The molecule has 0 aliphatic rings. The van der Waals surface area contributed by atoms with E-state index in [0.29, 0.717) is 12.2 Å². The van der Waals surface area contributed by atoms with Gasteiger partial charge < -0.3 is 10.6 Å². The summed E-state index contributed by atoms with van der Waals surface area (Å²) in [4.78, 5) is 6.22. The van der Waals surface area contributed by atoms with Gasteiger partial charge >= 0.3 is 0 Å². The van der Waals surface area contributed by atoms with E-state index in [1.54, 1.807) is 6.07 Å². The molecule has 7 heteroatoms. The molecular weight excluding hydrogens is 264 g/mol. The summed E-state index contributed by atoms with van der Waals surface area (Å²) >= 11 is 0. The zero-order valence-electron chi connectivity index (χ0n) is 11.5. The van der Waals surface area contributed by atoms with Crippen LogP contribution in [-0.2, 0) is 16.6 Å². The van der Waals surface area contributed by atoms with Gasteiger partial charge in [0.05, 0.1) is 5.69 Å². The largest absolute Gasteiger partial charge is 0.325 e. The van der Waals surface area contributed by atoms with Crippen LogP contribution in [0.1, 0.15) is 18.5 Å². The second-order valence-corrected chi connectivity index (χ2v) is 6.30. The Bertz CT molecular complexity index is 488. The molecule has 0 saturated carbocycles. The number of nitrogens with zero attached hydrogens (tertiary/aromatic N) is 2. The molecule has 0 aliphatic carbocycles. The van der Waals surface area contributed by atoms with Gasteiger partial charge in [-0.1, -0.05) is 0 Å². The number of sulfonamides is 1. The summed E-state index contributed by atoms with van der Waals surface area (Å²) in [6, 6.07) is 3.12. The van der Waals surface area contributed by atoms with Crippen molar-refractivity contribution in [2.75, 3.05) is 27.2 Å². The summed E-state index contributed by atoms with van der Waals surface area (Å²) in [6.45, 7) is 1.48. The lowest BCUT2D eigenvalue weighted by molar-refractivity contribution is 0.394. The van der Waals surface area contributed by atoms with Crippen LogP contribution in [0.2, 0.25) is 0 Å². The fraction of sp³-hybridized carbons (Fsp3) is 0.583. The Morgan fingerprint density at radius 3 is 2.74 bits per heavy atom. The van der Waals surface area contributed by atoms with Crippen molar-refractivity contribution in [3.8, 4) is 0 Å². The Kier molecular flexibility index (Phi) is 6.36. The number of nitrogens with one attached hydrogen (secondary N) is 1. The first-order valence-corrected chi connectivity index (χ1v) is 7.74. The molecule has 108 valence electrons. The molecule has 3 N–H and O–H groups in total. The van der Waals surface area contributed by atoms with E-state index in [1.807, 2.05) is 14.1 Å². The van der Waals surface area contributed by atoms with E-state index < -0.39 is 10.0 Å². The van der Waals surface area contributed by atoms with Gasteiger partial charge in [-0.3, -0.25) is 4.98 Å². The van der Waals surface area contributed by atoms with E-state index in [-0.39, 0.29) is 11.4 Å². The van der Waals surface area contributed by atoms with Gasteiger partial charge in [0.15, 0.2) is 0 Å². The molecule has 0 fully saturated rings. The number of pyridine rings is 1. The van der Waals surface area contributed by atoms with Crippen LogP contribution in [0.3, 0.4) is 0 Å². The molecule has 1 heterocycles. The molecule has 0 amide bonds. The van der Waals surface area contributed by atoms with Crippen molar-refractivity contribution >= 4 is 10.0 Å². The van der Waals surface area contributed by atoms with Crippen LogP contribution in [0.15, 0.2) is 23.2 Å². The highest BCUT2D eigenvalue weighted by molar-refractivity contribution is 7.89. The van der Waals surface area contributed by atoms with Crippen LogP contribution in [-0.4, -0.2) is 45.5 Å². The van der Waals surface area contributed by atoms with Crippen molar-refractivity contribution in [1.29, 1.82) is 0 Å². The van der Waals surface area contributed by atoms with Gasteiger partial charge in [-0.25, -0.2) is 13.1 Å². The van der Waals surface area contributed by atoms with Crippen molar-refractivity contribution in [1.82, 2.24) is 14.6 Å². The van der Waals surface area contributed by atoms with E-state index in [4.69, 9.17) is 5.73 Å². The van der Waals surface area contributed by atoms with Gasteiger partial charge in [0.2, 0.25) is 10.0 Å². The molecule has 0 unspecified atom stereocenters. The summed E-state index contributed by atoms with van der Waals surface area (Å²) in [7, 11) is 0.477. The van der Waals surface area contributed by atoms with Crippen LogP contribution < -0.4 is 10.5 Å². The fourth-order valence-electron chi connectivity index (χ4n) is 1.66. The molecule has 0 aromatic carbocycles. The summed E-state index contributed by atoms with van der Waals surface area (Å²) in [5.41, 5.74) is 5.89. The number of hydrogen-bond acceptors (Lipinski definition) is 5. The number of unbranched alkanes of at least 4 members (excludes halogenated alkanes) is 1. The van der Waals surface area contributed by atoms with E-state index in [9.17, 15) is 8.42 Å². The summed E-state index contributed by atoms with van der Waals surface area (Å²) in [5, 5.41) is 0. The SMILES string of the molecule is CN(C)CCCCNS(=O)(=O)c1cccnc1CN. The first-order valence-electron chi connectivity index (χ1n) is 6.25. The maximum absolute atomic E-state index is 12.1. The maximum Gasteiger partial charge on any atom is 0.242 e. The molecule has 19 heavy (non-hydrogen) atoms. The molecule has 1 aromatic heterocycles. The van der Waals surface area contributed by atoms with E-state index >= 15 is 0 Å². The van der Waals surface area contributed by atoms with E-state index in [1.165, 1.54) is 12.3 Å². The summed E-state index contributed by atoms with van der Waals surface area (Å²) in [6.07, 6.45) is 3.29. The Morgan fingerprint density at radius 1 is 1.37 bits per heavy atom. The lowest BCUT2D eigenvalue weighted by Crippen LogP contribution is -2.27. The zero-order chi connectivity index (χ0) is 14.3. The van der Waals surface area contributed by atoms with Gasteiger partial charge in [-0.15, -0.1) is 0 Å². The lowest BCUT2D eigenvalue weighted by Gasteiger charge is -2.11. The van der Waals surface area contributed by atoms with E-state index in [2.05, 4.69) is 14.6 Å². The average Bonchev–Trinajstić information content (AvgIpc) is 2.37. The first-order chi connectivity index (χ1) is 8.97. The third-order valence-corrected chi connectivity index (χ3v) is 4.19. The molecule has 1 rings (SSSR count). The number of hydrogen-bond donors (Lipinski definition) is 2. The smallest absolute Gasteiger partial charge is 0.242 e. The Labute approximate surface area is 115 Å². The van der Waals surface area contributed by atoms with Crippen molar-refractivity contribution in [3.05, 3.63) is 24.0 Å². The van der Waals surface area contributed by atoms with Gasteiger partial charge in [-0.2, -0.15) is 0 Å². The quantitative estimate of drug-likeness (QED) is 0.665. The van der Waals surface area contributed by atoms with Crippen molar-refractivity contribution in [3.63, 3.8) is 0 Å².